The fraction of sp³-hybridized carbons (Fsp3) is 0.308. The van der Waals surface area contributed by atoms with Gasteiger partial charge in [0.25, 0.3) is 0 Å². The standard InChI is InChI=1S/C13H15ClIN3/c1-3-18-7-6-17-13(18)12(16-2)10-8-9(14)4-5-11(10)15/h4-8,12,16H,3H2,1-2H3. The zero-order chi connectivity index (χ0) is 13.1. The molecule has 1 N–H and O–H groups in total. The van der Waals surface area contributed by atoms with Gasteiger partial charge in [-0.3, -0.25) is 0 Å². The lowest BCUT2D eigenvalue weighted by atomic mass is 10.1. The van der Waals surface area contributed by atoms with Crippen molar-refractivity contribution in [1.82, 2.24) is 14.9 Å². The second-order valence-corrected chi connectivity index (χ2v) is 5.56. The summed E-state index contributed by atoms with van der Waals surface area (Å²) < 4.78 is 3.32. The monoisotopic (exact) mass is 375 g/mol. The topological polar surface area (TPSA) is 29.9 Å². The molecule has 0 spiro atoms. The number of aryl methyl sites for hydroxylation is 1. The van der Waals surface area contributed by atoms with Gasteiger partial charge in [-0.1, -0.05) is 11.6 Å². The molecule has 0 aliphatic heterocycles. The number of hydrogen-bond donors (Lipinski definition) is 1. The highest BCUT2D eigenvalue weighted by Gasteiger charge is 2.19. The molecule has 1 atom stereocenters. The van der Waals surface area contributed by atoms with Gasteiger partial charge in [0.15, 0.2) is 0 Å². The maximum atomic E-state index is 6.09. The van der Waals surface area contributed by atoms with Crippen LogP contribution in [0.4, 0.5) is 0 Å². The van der Waals surface area contributed by atoms with Crippen LogP contribution in [0.1, 0.15) is 24.4 Å². The van der Waals surface area contributed by atoms with Gasteiger partial charge < -0.3 is 9.88 Å². The van der Waals surface area contributed by atoms with E-state index in [2.05, 4.69) is 44.4 Å². The van der Waals surface area contributed by atoms with Gasteiger partial charge in [-0.15, -0.1) is 0 Å². The number of imidazole rings is 1. The van der Waals surface area contributed by atoms with Crippen molar-refractivity contribution >= 4 is 34.2 Å². The second kappa shape index (κ2) is 6.04. The number of nitrogens with zero attached hydrogens (tertiary/aromatic N) is 2. The van der Waals surface area contributed by atoms with Crippen molar-refractivity contribution in [2.75, 3.05) is 7.05 Å². The van der Waals surface area contributed by atoms with Crippen molar-refractivity contribution in [1.29, 1.82) is 0 Å². The summed E-state index contributed by atoms with van der Waals surface area (Å²) in [5.74, 6) is 1.01. The van der Waals surface area contributed by atoms with E-state index in [9.17, 15) is 0 Å². The van der Waals surface area contributed by atoms with Crippen LogP contribution in [0.25, 0.3) is 0 Å². The molecule has 0 aliphatic rings. The summed E-state index contributed by atoms with van der Waals surface area (Å²) in [4.78, 5) is 4.46. The van der Waals surface area contributed by atoms with Crippen LogP contribution in [0.2, 0.25) is 5.02 Å². The first-order chi connectivity index (χ1) is 8.67. The normalized spacial score (nSPS) is 12.7. The number of aromatic nitrogens is 2. The van der Waals surface area contributed by atoms with Crippen LogP contribution in [0.3, 0.4) is 0 Å². The molecule has 0 aliphatic carbocycles. The molecule has 0 radical (unpaired) electrons. The quantitative estimate of drug-likeness (QED) is 0.829. The number of nitrogens with one attached hydrogen (secondary N) is 1. The molecule has 96 valence electrons. The molecule has 1 aromatic heterocycles. The predicted molar refractivity (Wildman–Crippen MR) is 83.0 cm³/mol. The highest BCUT2D eigenvalue weighted by atomic mass is 127. The van der Waals surface area contributed by atoms with Crippen molar-refractivity contribution < 1.29 is 0 Å². The molecule has 3 nitrogen and oxygen atoms in total. The highest BCUT2D eigenvalue weighted by Crippen LogP contribution is 2.27. The first-order valence-corrected chi connectivity index (χ1v) is 7.26. The minimum absolute atomic E-state index is 0.0607. The third-order valence-corrected chi connectivity index (χ3v) is 4.12. The Hall–Kier alpha value is -0.590. The Morgan fingerprint density at radius 3 is 2.94 bits per heavy atom. The molecule has 1 heterocycles. The van der Waals surface area contributed by atoms with Crippen molar-refractivity contribution in [3.63, 3.8) is 0 Å². The van der Waals surface area contributed by atoms with Crippen LogP contribution in [0.15, 0.2) is 30.6 Å². The van der Waals surface area contributed by atoms with Crippen LogP contribution in [0, 0.1) is 3.57 Å². The lowest BCUT2D eigenvalue weighted by Gasteiger charge is -2.19. The van der Waals surface area contributed by atoms with Gasteiger partial charge in [0.05, 0.1) is 6.04 Å². The smallest absolute Gasteiger partial charge is 0.130 e. The van der Waals surface area contributed by atoms with Gasteiger partial charge >= 0.3 is 0 Å². The van der Waals surface area contributed by atoms with E-state index in [1.54, 1.807) is 0 Å². The Bertz CT molecular complexity index is 539. The number of benzene rings is 1. The van der Waals surface area contributed by atoms with Crippen LogP contribution < -0.4 is 5.32 Å². The number of halogens is 2. The Kier molecular flexibility index (Phi) is 4.64. The predicted octanol–water partition coefficient (Wildman–Crippen LogP) is 3.47. The molecule has 5 heteroatoms. The zero-order valence-corrected chi connectivity index (χ0v) is 13.2. The first kappa shape index (κ1) is 13.8. The molecular formula is C13H15ClIN3. The molecule has 0 fully saturated rings. The van der Waals surface area contributed by atoms with E-state index >= 15 is 0 Å². The van der Waals surface area contributed by atoms with E-state index in [1.165, 1.54) is 3.57 Å². The lowest BCUT2D eigenvalue weighted by Crippen LogP contribution is -2.22. The van der Waals surface area contributed by atoms with E-state index in [4.69, 9.17) is 11.6 Å². The molecule has 18 heavy (non-hydrogen) atoms. The van der Waals surface area contributed by atoms with Crippen molar-refractivity contribution in [2.45, 2.75) is 19.5 Å². The summed E-state index contributed by atoms with van der Waals surface area (Å²) in [6, 6.07) is 6.00. The third kappa shape index (κ3) is 2.70. The average Bonchev–Trinajstić information content (AvgIpc) is 2.83. The van der Waals surface area contributed by atoms with E-state index < -0.39 is 0 Å². The van der Waals surface area contributed by atoms with Gasteiger partial charge in [-0.25, -0.2) is 4.98 Å². The Morgan fingerprint density at radius 1 is 1.50 bits per heavy atom. The van der Waals surface area contributed by atoms with Crippen molar-refractivity contribution in [3.05, 3.63) is 50.6 Å². The van der Waals surface area contributed by atoms with Gasteiger partial charge in [-0.2, -0.15) is 0 Å². The highest BCUT2D eigenvalue weighted by molar-refractivity contribution is 14.1. The molecule has 0 amide bonds. The summed E-state index contributed by atoms with van der Waals surface area (Å²) in [7, 11) is 1.94. The van der Waals surface area contributed by atoms with E-state index in [0.29, 0.717) is 0 Å². The average molecular weight is 376 g/mol. The summed E-state index contributed by atoms with van der Waals surface area (Å²) >= 11 is 8.42. The van der Waals surface area contributed by atoms with E-state index in [1.807, 2.05) is 37.6 Å². The third-order valence-electron chi connectivity index (χ3n) is 2.90. The Morgan fingerprint density at radius 2 is 2.28 bits per heavy atom. The van der Waals surface area contributed by atoms with E-state index in [0.717, 1.165) is 23.0 Å². The number of rotatable bonds is 4. The van der Waals surface area contributed by atoms with Crippen LogP contribution >= 0.6 is 34.2 Å². The Balaban J connectivity index is 2.48. The molecule has 1 aromatic carbocycles. The molecule has 0 bridgehead atoms. The fourth-order valence-corrected chi connectivity index (χ4v) is 2.84. The summed E-state index contributed by atoms with van der Waals surface area (Å²) in [6.45, 7) is 3.02. The second-order valence-electron chi connectivity index (χ2n) is 3.96. The van der Waals surface area contributed by atoms with E-state index in [-0.39, 0.29) is 6.04 Å². The van der Waals surface area contributed by atoms with Crippen molar-refractivity contribution in [2.24, 2.45) is 0 Å². The lowest BCUT2D eigenvalue weighted by molar-refractivity contribution is 0.588. The fourth-order valence-electron chi connectivity index (χ4n) is 2.01. The zero-order valence-electron chi connectivity index (χ0n) is 10.3. The molecular weight excluding hydrogens is 361 g/mol. The molecule has 0 saturated carbocycles. The summed E-state index contributed by atoms with van der Waals surface area (Å²) in [5.41, 5.74) is 1.16. The minimum atomic E-state index is 0.0607. The van der Waals surface area contributed by atoms with Gasteiger partial charge in [-0.05, 0) is 60.3 Å². The maximum absolute atomic E-state index is 6.09. The van der Waals surface area contributed by atoms with Crippen LogP contribution in [-0.2, 0) is 6.54 Å². The minimum Gasteiger partial charge on any atom is -0.334 e. The van der Waals surface area contributed by atoms with Gasteiger partial charge in [0.1, 0.15) is 5.82 Å². The SMILES string of the molecule is CCn1ccnc1C(NC)c1cc(Cl)ccc1I. The van der Waals surface area contributed by atoms with Crippen molar-refractivity contribution in [3.8, 4) is 0 Å². The largest absolute Gasteiger partial charge is 0.334 e. The molecule has 2 rings (SSSR count). The molecule has 0 saturated heterocycles. The maximum Gasteiger partial charge on any atom is 0.130 e. The summed E-state index contributed by atoms with van der Waals surface area (Å²) in [6.07, 6.45) is 3.83. The van der Waals surface area contributed by atoms with Crippen LogP contribution in [0.5, 0.6) is 0 Å². The Labute approximate surface area is 126 Å². The van der Waals surface area contributed by atoms with Gasteiger partial charge in [0, 0.05) is 27.5 Å². The van der Waals surface area contributed by atoms with Gasteiger partial charge in [0.2, 0.25) is 0 Å². The number of hydrogen-bond acceptors (Lipinski definition) is 2. The first-order valence-electron chi connectivity index (χ1n) is 5.80. The summed E-state index contributed by atoms with van der Waals surface area (Å²) in [5, 5.41) is 4.07. The van der Waals surface area contributed by atoms with Crippen LogP contribution in [-0.4, -0.2) is 16.6 Å². The molecule has 2 aromatic rings. The molecule has 1 unspecified atom stereocenters.